The fourth-order valence-electron chi connectivity index (χ4n) is 6.25. The average Bonchev–Trinajstić information content (AvgIpc) is 3.30. The van der Waals surface area contributed by atoms with Gasteiger partial charge in [0.25, 0.3) is 0 Å². The Morgan fingerprint density at radius 2 is 1.40 bits per heavy atom. The zero-order valence-electron chi connectivity index (χ0n) is 19.9. The minimum Gasteiger partial charge on any atom is -0.297 e. The van der Waals surface area contributed by atoms with Crippen LogP contribution < -0.4 is 0 Å². The Morgan fingerprint density at radius 3 is 2.03 bits per heavy atom. The van der Waals surface area contributed by atoms with Crippen molar-refractivity contribution in [3.63, 3.8) is 0 Å². The van der Waals surface area contributed by atoms with Crippen molar-refractivity contribution in [2.75, 3.05) is 0 Å². The van der Waals surface area contributed by atoms with Gasteiger partial charge in [0.2, 0.25) is 0 Å². The predicted octanol–water partition coefficient (Wildman–Crippen LogP) is 5.22. The van der Waals surface area contributed by atoms with Gasteiger partial charge < -0.3 is 0 Å². The molecule has 0 amide bonds. The molecule has 2 heterocycles. The van der Waals surface area contributed by atoms with E-state index in [-0.39, 0.29) is 17.3 Å². The summed E-state index contributed by atoms with van der Waals surface area (Å²) in [6.07, 6.45) is 1.74. The molecule has 1 aliphatic carbocycles. The third kappa shape index (κ3) is 2.75. The number of nitrogens with zero attached hydrogens (tertiary/aromatic N) is 2. The highest BCUT2D eigenvalue weighted by atomic mass is 16.2. The molecular formula is C30H26N2O3. The zero-order chi connectivity index (χ0) is 24.5. The maximum Gasteiger partial charge on any atom is 0.180 e. The van der Waals surface area contributed by atoms with Crippen molar-refractivity contribution in [2.24, 2.45) is 15.9 Å². The van der Waals surface area contributed by atoms with Gasteiger partial charge in [0.1, 0.15) is 11.5 Å². The second-order valence-electron chi connectivity index (χ2n) is 10.7. The minimum atomic E-state index is -1.50. The summed E-state index contributed by atoms with van der Waals surface area (Å²) < 4.78 is 0. The standard InChI is InChI=1S/C30H26N2O3/c1-29(2,3)28(35)24-23(18-11-5-4-6-12-18)30(26(33)21-15-9-10-16-22(21)27(30)34)25-20-14-8-7-13-19(20)17-31-32(24)25/h4-17,23-25H,1-3H3. The normalized spacial score (nSPS) is 23.9. The number of ketones is 3. The fourth-order valence-corrected chi connectivity index (χ4v) is 6.25. The Morgan fingerprint density at radius 1 is 0.829 bits per heavy atom. The van der Waals surface area contributed by atoms with Crippen molar-refractivity contribution in [2.45, 2.75) is 38.8 Å². The van der Waals surface area contributed by atoms with Gasteiger partial charge in [0, 0.05) is 22.5 Å². The third-order valence-electron chi connectivity index (χ3n) is 7.74. The van der Waals surface area contributed by atoms with E-state index in [9.17, 15) is 14.4 Å². The number of rotatable bonds is 2. The van der Waals surface area contributed by atoms with E-state index in [4.69, 9.17) is 5.10 Å². The van der Waals surface area contributed by atoms with E-state index in [1.807, 2.05) is 75.4 Å². The smallest absolute Gasteiger partial charge is 0.180 e. The molecule has 174 valence electrons. The van der Waals surface area contributed by atoms with Crippen LogP contribution in [0.5, 0.6) is 0 Å². The van der Waals surface area contributed by atoms with Crippen LogP contribution in [0.1, 0.15) is 70.1 Å². The van der Waals surface area contributed by atoms with E-state index >= 15 is 0 Å². The summed E-state index contributed by atoms with van der Waals surface area (Å²) in [5.41, 5.74) is 1.17. The molecule has 0 N–H and O–H groups in total. The summed E-state index contributed by atoms with van der Waals surface area (Å²) in [5.74, 6) is -1.17. The summed E-state index contributed by atoms with van der Waals surface area (Å²) in [6, 6.07) is 22.9. The zero-order valence-corrected chi connectivity index (χ0v) is 19.9. The van der Waals surface area contributed by atoms with Crippen LogP contribution in [-0.2, 0) is 4.79 Å². The summed E-state index contributed by atoms with van der Waals surface area (Å²) in [7, 11) is 0. The average molecular weight is 463 g/mol. The van der Waals surface area contributed by atoms with Crippen LogP contribution in [-0.4, -0.2) is 34.6 Å². The molecular weight excluding hydrogens is 436 g/mol. The van der Waals surface area contributed by atoms with Crippen molar-refractivity contribution >= 4 is 23.6 Å². The first-order valence-electron chi connectivity index (χ1n) is 12.0. The molecule has 3 aromatic carbocycles. The first-order valence-corrected chi connectivity index (χ1v) is 12.0. The summed E-state index contributed by atoms with van der Waals surface area (Å²) in [6.45, 7) is 5.64. The number of carbonyl (C=O) groups is 3. The summed E-state index contributed by atoms with van der Waals surface area (Å²) in [4.78, 5) is 43.1. The van der Waals surface area contributed by atoms with Gasteiger partial charge in [0.05, 0.1) is 12.3 Å². The third-order valence-corrected chi connectivity index (χ3v) is 7.74. The molecule has 3 atom stereocenters. The maximum absolute atomic E-state index is 14.5. The molecule has 3 aliphatic rings. The molecule has 0 aromatic heterocycles. The Balaban J connectivity index is 1.72. The summed E-state index contributed by atoms with van der Waals surface area (Å²) >= 11 is 0. The van der Waals surface area contributed by atoms with Crippen LogP contribution in [0.2, 0.25) is 0 Å². The quantitative estimate of drug-likeness (QED) is 0.490. The first kappa shape index (κ1) is 21.7. The number of fused-ring (bicyclic) bond motifs is 5. The lowest BCUT2D eigenvalue weighted by Gasteiger charge is -2.36. The molecule has 2 aliphatic heterocycles. The lowest BCUT2D eigenvalue weighted by Crippen LogP contribution is -2.45. The first-order chi connectivity index (χ1) is 16.8. The highest BCUT2D eigenvalue weighted by molar-refractivity contribution is 6.31. The van der Waals surface area contributed by atoms with Gasteiger partial charge in [-0.15, -0.1) is 0 Å². The summed E-state index contributed by atoms with van der Waals surface area (Å²) in [5, 5.41) is 6.52. The molecule has 1 fully saturated rings. The Kier molecular flexibility index (Phi) is 4.53. The topological polar surface area (TPSA) is 66.8 Å². The van der Waals surface area contributed by atoms with E-state index < -0.39 is 28.8 Å². The highest BCUT2D eigenvalue weighted by Crippen LogP contribution is 2.64. The maximum atomic E-state index is 14.5. The van der Waals surface area contributed by atoms with Crippen molar-refractivity contribution in [1.82, 2.24) is 5.01 Å². The Bertz CT molecular complexity index is 1380. The number of Topliss-reactive ketones (excluding diaryl/α,β-unsaturated/α-hetero) is 3. The fraction of sp³-hybridized carbons (Fsp3) is 0.267. The minimum absolute atomic E-state index is 0.0404. The van der Waals surface area contributed by atoms with Gasteiger partial charge in [-0.3, -0.25) is 19.4 Å². The molecule has 3 aromatic rings. The molecule has 35 heavy (non-hydrogen) atoms. The van der Waals surface area contributed by atoms with E-state index in [1.54, 1.807) is 35.5 Å². The van der Waals surface area contributed by atoms with Crippen molar-refractivity contribution in [1.29, 1.82) is 0 Å². The molecule has 1 saturated heterocycles. The molecule has 5 nitrogen and oxygen atoms in total. The predicted molar refractivity (Wildman–Crippen MR) is 134 cm³/mol. The molecule has 0 saturated carbocycles. The lowest BCUT2D eigenvalue weighted by molar-refractivity contribution is -0.131. The van der Waals surface area contributed by atoms with Gasteiger partial charge in [-0.2, -0.15) is 5.10 Å². The highest BCUT2D eigenvalue weighted by Gasteiger charge is 2.73. The van der Waals surface area contributed by atoms with E-state index in [0.29, 0.717) is 11.1 Å². The van der Waals surface area contributed by atoms with Crippen molar-refractivity contribution < 1.29 is 14.4 Å². The largest absolute Gasteiger partial charge is 0.297 e. The van der Waals surface area contributed by atoms with Crippen molar-refractivity contribution in [3.8, 4) is 0 Å². The van der Waals surface area contributed by atoms with Crippen LogP contribution in [0.25, 0.3) is 0 Å². The SMILES string of the molecule is CC(C)(C)C(=O)C1C(c2ccccc2)C2(C(=O)c3ccccc3C2=O)C2c3ccccc3C=NN12. The number of carbonyl (C=O) groups excluding carboxylic acids is 3. The van der Waals surface area contributed by atoms with Gasteiger partial charge in [-0.1, -0.05) is 99.6 Å². The number of hydrazone groups is 1. The van der Waals surface area contributed by atoms with Gasteiger partial charge >= 0.3 is 0 Å². The van der Waals surface area contributed by atoms with Crippen LogP contribution in [0.4, 0.5) is 0 Å². The lowest BCUT2D eigenvalue weighted by atomic mass is 9.62. The van der Waals surface area contributed by atoms with E-state index in [0.717, 1.165) is 16.7 Å². The molecule has 1 spiro atoms. The number of hydrogen-bond donors (Lipinski definition) is 0. The molecule has 0 bridgehead atoms. The van der Waals surface area contributed by atoms with Crippen LogP contribution in [0, 0.1) is 10.8 Å². The molecule has 0 radical (unpaired) electrons. The van der Waals surface area contributed by atoms with Crippen molar-refractivity contribution in [3.05, 3.63) is 107 Å². The van der Waals surface area contributed by atoms with Gasteiger partial charge in [-0.25, -0.2) is 0 Å². The Labute approximate surface area is 204 Å². The molecule has 5 heteroatoms. The molecule has 6 rings (SSSR count). The second kappa shape index (κ2) is 7.32. The van der Waals surface area contributed by atoms with E-state index in [2.05, 4.69) is 0 Å². The monoisotopic (exact) mass is 462 g/mol. The number of benzene rings is 3. The number of hydrogen-bond acceptors (Lipinski definition) is 5. The van der Waals surface area contributed by atoms with Gasteiger partial charge in [0.15, 0.2) is 17.3 Å². The van der Waals surface area contributed by atoms with Gasteiger partial charge in [-0.05, 0) is 16.7 Å². The van der Waals surface area contributed by atoms with E-state index in [1.165, 1.54) is 0 Å². The van der Waals surface area contributed by atoms with Crippen LogP contribution >= 0.6 is 0 Å². The van der Waals surface area contributed by atoms with Crippen LogP contribution in [0.3, 0.4) is 0 Å². The second-order valence-corrected chi connectivity index (χ2v) is 10.7. The molecule has 3 unspecified atom stereocenters. The Hall–Kier alpha value is -3.86. The van der Waals surface area contributed by atoms with Crippen LogP contribution in [0.15, 0.2) is 84.0 Å².